The minimum Gasteiger partial charge on any atom is -0.491 e. The number of nitrogens with zero attached hydrogens (tertiary/aromatic N) is 1. The summed E-state index contributed by atoms with van der Waals surface area (Å²) in [5.41, 5.74) is 1.79. The van der Waals surface area contributed by atoms with Crippen molar-refractivity contribution in [2.45, 2.75) is 76.6 Å². The number of methoxy groups -OCH3 is 1. The molecular formula is C41H54F2N4O9S. The first-order valence-electron chi connectivity index (χ1n) is 18.8. The lowest BCUT2D eigenvalue weighted by molar-refractivity contribution is -0.138. The zero-order chi connectivity index (χ0) is 41.7. The van der Waals surface area contributed by atoms with E-state index in [1.807, 2.05) is 60.7 Å². The second kappa shape index (κ2) is 21.3. The molecule has 13 nitrogen and oxygen atoms in total. The Labute approximate surface area is 333 Å². The number of hydrogen-bond donors (Lipinski definition) is 4. The average Bonchev–Trinajstić information content (AvgIpc) is 3.60. The Morgan fingerprint density at radius 1 is 0.912 bits per heavy atom. The van der Waals surface area contributed by atoms with Crippen LogP contribution in [0, 0.1) is 29.4 Å². The van der Waals surface area contributed by atoms with Gasteiger partial charge >= 0.3 is 0 Å². The molecule has 0 aromatic heterocycles. The van der Waals surface area contributed by atoms with Gasteiger partial charge in [0.05, 0.1) is 31.6 Å². The molecule has 4 rings (SSSR count). The summed E-state index contributed by atoms with van der Waals surface area (Å²) >= 11 is 0. The second-order valence-electron chi connectivity index (χ2n) is 14.8. The molecule has 4 N–H and O–H groups in total. The quantitative estimate of drug-likeness (QED) is 0.126. The molecule has 57 heavy (non-hydrogen) atoms. The summed E-state index contributed by atoms with van der Waals surface area (Å²) in [4.78, 5) is 40.8. The Kier molecular flexibility index (Phi) is 16.9. The molecular weight excluding hydrogens is 763 g/mol. The van der Waals surface area contributed by atoms with Crippen LogP contribution in [0.25, 0.3) is 0 Å². The molecule has 0 saturated heterocycles. The minimum atomic E-state index is -3.60. The highest BCUT2D eigenvalue weighted by atomic mass is 32.2. The predicted molar refractivity (Wildman–Crippen MR) is 209 cm³/mol. The lowest BCUT2D eigenvalue weighted by Gasteiger charge is -2.30. The predicted octanol–water partition coefficient (Wildman–Crippen LogP) is 3.55. The van der Waals surface area contributed by atoms with Crippen molar-refractivity contribution >= 4 is 27.7 Å². The molecule has 16 heteroatoms. The van der Waals surface area contributed by atoms with Gasteiger partial charge in [-0.1, -0.05) is 74.5 Å². The van der Waals surface area contributed by atoms with Crippen molar-refractivity contribution in [2.75, 3.05) is 33.6 Å². The molecule has 0 aliphatic heterocycles. The number of carbonyl (C=O) groups is 3. The first-order chi connectivity index (χ1) is 27.0. The Morgan fingerprint density at radius 3 is 2.11 bits per heavy atom. The number of halogens is 2. The molecule has 312 valence electrons. The Balaban J connectivity index is 1.50. The van der Waals surface area contributed by atoms with Gasteiger partial charge in [0.2, 0.25) is 27.7 Å². The van der Waals surface area contributed by atoms with E-state index in [0.717, 1.165) is 29.5 Å². The van der Waals surface area contributed by atoms with Crippen LogP contribution < -0.4 is 20.7 Å². The summed E-state index contributed by atoms with van der Waals surface area (Å²) < 4.78 is 71.4. The van der Waals surface area contributed by atoms with Crippen LogP contribution in [0.1, 0.15) is 44.2 Å². The molecule has 0 unspecified atom stereocenters. The zero-order valence-electron chi connectivity index (χ0n) is 32.9. The van der Waals surface area contributed by atoms with Crippen LogP contribution in [0.3, 0.4) is 0 Å². The normalized spacial score (nSPS) is 19.1. The van der Waals surface area contributed by atoms with Crippen molar-refractivity contribution in [1.29, 1.82) is 0 Å². The van der Waals surface area contributed by atoms with Crippen LogP contribution >= 0.6 is 0 Å². The smallest absolute Gasteiger partial charge is 0.249 e. The van der Waals surface area contributed by atoms with Crippen LogP contribution in [0.2, 0.25) is 0 Å². The van der Waals surface area contributed by atoms with E-state index < -0.39 is 88.2 Å². The topological polar surface area (TPSA) is 173 Å². The van der Waals surface area contributed by atoms with Gasteiger partial charge in [-0.15, -0.1) is 0 Å². The number of aliphatic hydroxyl groups excluding tert-OH is 1. The van der Waals surface area contributed by atoms with E-state index in [0.29, 0.717) is 12.5 Å². The summed E-state index contributed by atoms with van der Waals surface area (Å²) in [5.74, 6) is -5.17. The SMILES string of the molecule is CO[C@H](C[C@H](O)[C@H](COc1cc(F)cc(F)c1)NC(=O)[C@@H]1C[C@@H](N(C)S(C)(=O)=O)C[C@H]1COCc1ccccc1)C(=O)N[C@H](C(=O)NCc1ccccc1)C(C)C. The van der Waals surface area contributed by atoms with Crippen LogP contribution in [0.4, 0.5) is 8.78 Å². The van der Waals surface area contributed by atoms with Crippen LogP contribution in [-0.4, -0.2) is 99.5 Å². The fourth-order valence-corrected chi connectivity index (χ4v) is 7.49. The molecule has 1 aliphatic carbocycles. The standard InChI is InChI=1S/C41H54F2N4O9S/c1-26(2)38(41(51)44-22-27-12-8-6-9-13-27)46-40(50)37(54-4)21-36(48)35(25-56-33-18-30(42)17-31(43)19-33)45-39(49)34-20-32(47(3)57(5,52)53)16-29(34)24-55-23-28-14-10-7-11-15-28/h6-15,17-19,26,29,32,34-38,48H,16,20-25H2,1-5H3,(H,44,51)(H,45,49)(H,46,50)/t29-,32-,34+,35-,36-,37+,38-/m0/s1. The number of benzene rings is 3. The zero-order valence-corrected chi connectivity index (χ0v) is 33.7. The summed E-state index contributed by atoms with van der Waals surface area (Å²) in [7, 11) is -0.894. The third-order valence-electron chi connectivity index (χ3n) is 10.1. The summed E-state index contributed by atoms with van der Waals surface area (Å²) in [6.07, 6.45) is -1.63. The van der Waals surface area contributed by atoms with Crippen molar-refractivity contribution in [2.24, 2.45) is 17.8 Å². The molecule has 3 aromatic carbocycles. The highest BCUT2D eigenvalue weighted by Crippen LogP contribution is 2.36. The van der Waals surface area contributed by atoms with Gasteiger partial charge in [0.15, 0.2) is 0 Å². The number of nitrogens with one attached hydrogen (secondary N) is 3. The van der Waals surface area contributed by atoms with Gasteiger partial charge in [-0.25, -0.2) is 21.5 Å². The molecule has 1 aliphatic rings. The van der Waals surface area contributed by atoms with Crippen LogP contribution in [0.15, 0.2) is 78.9 Å². The van der Waals surface area contributed by atoms with Crippen molar-refractivity contribution in [1.82, 2.24) is 20.3 Å². The number of amides is 3. The maximum atomic E-state index is 14.1. The average molecular weight is 817 g/mol. The maximum absolute atomic E-state index is 14.1. The van der Waals surface area contributed by atoms with E-state index in [1.54, 1.807) is 13.8 Å². The van der Waals surface area contributed by atoms with Crippen molar-refractivity contribution in [3.05, 3.63) is 102 Å². The number of sulfonamides is 1. The fraction of sp³-hybridized carbons (Fsp3) is 0.488. The molecule has 3 aromatic rings. The molecule has 0 heterocycles. The van der Waals surface area contributed by atoms with Crippen molar-refractivity contribution in [3.63, 3.8) is 0 Å². The van der Waals surface area contributed by atoms with Gasteiger partial charge in [-0.2, -0.15) is 0 Å². The second-order valence-corrected chi connectivity index (χ2v) is 16.8. The number of hydrogen-bond acceptors (Lipinski definition) is 9. The Hall–Kier alpha value is -4.48. The van der Waals surface area contributed by atoms with E-state index in [-0.39, 0.29) is 44.3 Å². The molecule has 0 bridgehead atoms. The van der Waals surface area contributed by atoms with E-state index in [1.165, 1.54) is 18.5 Å². The molecule has 1 saturated carbocycles. The lowest BCUT2D eigenvalue weighted by atomic mass is 9.94. The van der Waals surface area contributed by atoms with E-state index in [9.17, 15) is 36.7 Å². The minimum absolute atomic E-state index is 0.134. The van der Waals surface area contributed by atoms with Crippen LogP contribution in [-0.2, 0) is 47.0 Å². The van der Waals surface area contributed by atoms with Crippen molar-refractivity contribution in [3.8, 4) is 5.75 Å². The fourth-order valence-electron chi connectivity index (χ4n) is 6.78. The van der Waals surface area contributed by atoms with Gasteiger partial charge in [0, 0.05) is 57.3 Å². The van der Waals surface area contributed by atoms with Crippen molar-refractivity contribution < 1.29 is 50.9 Å². The Bertz CT molecular complexity index is 1850. The van der Waals surface area contributed by atoms with Crippen LogP contribution in [0.5, 0.6) is 5.75 Å². The van der Waals surface area contributed by atoms with Gasteiger partial charge in [-0.05, 0) is 35.8 Å². The molecule has 3 amide bonds. The molecule has 7 atom stereocenters. The number of rotatable bonds is 21. The first kappa shape index (κ1) is 45.2. The highest BCUT2D eigenvalue weighted by Gasteiger charge is 2.43. The maximum Gasteiger partial charge on any atom is 0.249 e. The number of carbonyl (C=O) groups excluding carboxylic acids is 3. The van der Waals surface area contributed by atoms with Gasteiger partial charge in [0.25, 0.3) is 0 Å². The molecule has 1 fully saturated rings. The third-order valence-corrected chi connectivity index (χ3v) is 11.5. The molecule has 0 spiro atoms. The summed E-state index contributed by atoms with van der Waals surface area (Å²) in [5, 5.41) is 19.9. The largest absolute Gasteiger partial charge is 0.491 e. The highest BCUT2D eigenvalue weighted by molar-refractivity contribution is 7.88. The molecule has 0 radical (unpaired) electrons. The van der Waals surface area contributed by atoms with E-state index in [4.69, 9.17) is 14.2 Å². The number of ether oxygens (including phenoxy) is 3. The Morgan fingerprint density at radius 2 is 1.53 bits per heavy atom. The summed E-state index contributed by atoms with van der Waals surface area (Å²) in [6, 6.07) is 18.5. The van der Waals surface area contributed by atoms with Gasteiger partial charge in [0.1, 0.15) is 36.1 Å². The van der Waals surface area contributed by atoms with E-state index in [2.05, 4.69) is 16.0 Å². The third kappa shape index (κ3) is 13.8. The number of aliphatic hydroxyl groups is 1. The summed E-state index contributed by atoms with van der Waals surface area (Å²) in [6.45, 7) is 3.71. The monoisotopic (exact) mass is 816 g/mol. The van der Waals surface area contributed by atoms with Gasteiger partial charge < -0.3 is 35.3 Å². The lowest BCUT2D eigenvalue weighted by Crippen LogP contribution is -2.54. The van der Waals surface area contributed by atoms with Gasteiger partial charge in [-0.3, -0.25) is 14.4 Å². The van der Waals surface area contributed by atoms with E-state index >= 15 is 0 Å². The first-order valence-corrected chi connectivity index (χ1v) is 20.7.